The number of ether oxygens (including phenoxy) is 1. The fraction of sp³-hybridized carbons (Fsp3) is 0.500. The molecule has 2 aliphatic heterocycles. The predicted molar refractivity (Wildman–Crippen MR) is 127 cm³/mol. The maximum Gasteiger partial charge on any atom is 0.243 e. The lowest BCUT2D eigenvalue weighted by Crippen LogP contribution is -2.41. The van der Waals surface area contributed by atoms with Crippen LogP contribution in [-0.2, 0) is 22.9 Å². The third-order valence-electron chi connectivity index (χ3n) is 7.46. The molecule has 2 fully saturated rings. The summed E-state index contributed by atoms with van der Waals surface area (Å²) in [6.45, 7) is 3.10. The zero-order chi connectivity index (χ0) is 22.8. The molecule has 2 aromatic carbocycles. The molecular formula is C26H31N3O3S. The molecule has 1 atom stereocenters. The molecule has 3 aliphatic rings. The standard InChI is InChI=1S/C26H31N3O3S/c27-18-20-6-10-26(11-7-20)33(30,31)29-14-2-5-24(29)19-32-25-9-8-21-12-15-28(23-3-1-4-23)16-13-22(21)17-25/h6-11,17,23-24H,1-5,12-16,19H2/t24-/m1/s1. The van der Waals surface area contributed by atoms with Crippen molar-refractivity contribution in [1.82, 2.24) is 9.21 Å². The monoisotopic (exact) mass is 465 g/mol. The van der Waals surface area contributed by atoms with Crippen LogP contribution in [0.2, 0.25) is 0 Å². The van der Waals surface area contributed by atoms with Gasteiger partial charge in [-0.1, -0.05) is 12.5 Å². The predicted octanol–water partition coefficient (Wildman–Crippen LogP) is 3.74. The van der Waals surface area contributed by atoms with Gasteiger partial charge in [0.2, 0.25) is 10.0 Å². The zero-order valence-corrected chi connectivity index (χ0v) is 19.8. The van der Waals surface area contributed by atoms with E-state index in [4.69, 9.17) is 10.00 Å². The minimum atomic E-state index is -3.61. The number of hydrogen-bond acceptors (Lipinski definition) is 5. The van der Waals surface area contributed by atoms with Crippen molar-refractivity contribution in [2.45, 2.75) is 61.9 Å². The summed E-state index contributed by atoms with van der Waals surface area (Å²) >= 11 is 0. The average Bonchev–Trinajstić information content (AvgIpc) is 3.19. The Labute approximate surface area is 196 Å². The second-order valence-corrected chi connectivity index (χ2v) is 11.3. The van der Waals surface area contributed by atoms with Gasteiger partial charge in [-0.3, -0.25) is 4.90 Å². The van der Waals surface area contributed by atoms with Gasteiger partial charge >= 0.3 is 0 Å². The topological polar surface area (TPSA) is 73.6 Å². The Morgan fingerprint density at radius 2 is 1.70 bits per heavy atom. The second kappa shape index (κ2) is 9.46. The first-order chi connectivity index (χ1) is 16.0. The van der Waals surface area contributed by atoms with Crippen molar-refractivity contribution < 1.29 is 13.2 Å². The number of rotatable bonds is 6. The molecule has 0 radical (unpaired) electrons. The van der Waals surface area contributed by atoms with Crippen LogP contribution < -0.4 is 4.74 Å². The van der Waals surface area contributed by atoms with Gasteiger partial charge in [0.05, 0.1) is 22.6 Å². The number of fused-ring (bicyclic) bond motifs is 1. The first kappa shape index (κ1) is 22.4. The van der Waals surface area contributed by atoms with Crippen molar-refractivity contribution in [1.29, 1.82) is 5.26 Å². The zero-order valence-electron chi connectivity index (χ0n) is 18.9. The molecule has 0 amide bonds. The van der Waals surface area contributed by atoms with Gasteiger partial charge in [-0.25, -0.2) is 8.42 Å². The molecule has 0 bridgehead atoms. The maximum absolute atomic E-state index is 13.2. The Balaban J connectivity index is 1.24. The lowest BCUT2D eigenvalue weighted by Gasteiger charge is -2.36. The number of sulfonamides is 1. The van der Waals surface area contributed by atoms with Crippen LogP contribution in [0.25, 0.3) is 0 Å². The van der Waals surface area contributed by atoms with E-state index in [9.17, 15) is 8.42 Å². The van der Waals surface area contributed by atoms with Crippen LogP contribution in [0.3, 0.4) is 0 Å². The quantitative estimate of drug-likeness (QED) is 0.650. The lowest BCUT2D eigenvalue weighted by molar-refractivity contribution is 0.133. The molecule has 1 saturated heterocycles. The van der Waals surface area contributed by atoms with Crippen LogP contribution in [0.4, 0.5) is 0 Å². The summed E-state index contributed by atoms with van der Waals surface area (Å²) in [4.78, 5) is 2.88. The van der Waals surface area contributed by atoms with Crippen molar-refractivity contribution in [2.75, 3.05) is 26.2 Å². The molecule has 5 rings (SSSR count). The highest BCUT2D eigenvalue weighted by Gasteiger charge is 2.35. The summed E-state index contributed by atoms with van der Waals surface area (Å²) in [6.07, 6.45) is 7.80. The molecular weight excluding hydrogens is 434 g/mol. The van der Waals surface area contributed by atoms with E-state index in [0.29, 0.717) is 18.7 Å². The number of nitrogens with zero attached hydrogens (tertiary/aromatic N) is 3. The molecule has 7 heteroatoms. The molecule has 33 heavy (non-hydrogen) atoms. The molecule has 174 valence electrons. The minimum Gasteiger partial charge on any atom is -0.492 e. The Kier molecular flexibility index (Phi) is 6.42. The summed E-state index contributed by atoms with van der Waals surface area (Å²) in [6, 6.07) is 15.2. The summed E-state index contributed by atoms with van der Waals surface area (Å²) in [5.41, 5.74) is 3.23. The second-order valence-electron chi connectivity index (χ2n) is 9.41. The normalized spacial score (nSPS) is 22.2. The van der Waals surface area contributed by atoms with Crippen LogP contribution in [-0.4, -0.2) is 55.9 Å². The highest BCUT2D eigenvalue weighted by molar-refractivity contribution is 7.89. The van der Waals surface area contributed by atoms with Crippen LogP contribution in [0.15, 0.2) is 47.4 Å². The summed E-state index contributed by atoms with van der Waals surface area (Å²) in [5.74, 6) is 0.827. The first-order valence-electron chi connectivity index (χ1n) is 12.1. The van der Waals surface area contributed by atoms with E-state index in [2.05, 4.69) is 17.0 Å². The maximum atomic E-state index is 13.2. The molecule has 0 unspecified atom stereocenters. The molecule has 2 aromatic rings. The van der Waals surface area contributed by atoms with Gasteiger partial charge in [0.1, 0.15) is 12.4 Å². The molecule has 0 aromatic heterocycles. The SMILES string of the molecule is N#Cc1ccc(S(=O)(=O)N2CCC[C@@H]2COc2ccc3c(c2)CCN(C2CCC2)CC3)cc1. The third-order valence-corrected chi connectivity index (χ3v) is 9.43. The van der Waals surface area contributed by atoms with Gasteiger partial charge in [-0.15, -0.1) is 0 Å². The number of benzene rings is 2. The lowest BCUT2D eigenvalue weighted by atomic mass is 9.91. The fourth-order valence-electron chi connectivity index (χ4n) is 5.25. The van der Waals surface area contributed by atoms with E-state index >= 15 is 0 Å². The van der Waals surface area contributed by atoms with Crippen LogP contribution in [0, 0.1) is 11.3 Å². The Morgan fingerprint density at radius 1 is 0.939 bits per heavy atom. The third kappa shape index (κ3) is 4.65. The van der Waals surface area contributed by atoms with Gasteiger partial charge in [-0.2, -0.15) is 9.57 Å². The van der Waals surface area contributed by atoms with E-state index < -0.39 is 10.0 Å². The minimum absolute atomic E-state index is 0.182. The van der Waals surface area contributed by atoms with E-state index in [1.165, 1.54) is 42.5 Å². The van der Waals surface area contributed by atoms with E-state index in [1.807, 2.05) is 12.1 Å². The molecule has 6 nitrogen and oxygen atoms in total. The molecule has 0 spiro atoms. The van der Waals surface area contributed by atoms with Gasteiger partial charge < -0.3 is 4.74 Å². The molecule has 1 saturated carbocycles. The van der Waals surface area contributed by atoms with E-state index in [-0.39, 0.29) is 10.9 Å². The summed E-state index contributed by atoms with van der Waals surface area (Å²) in [5, 5.41) is 8.98. The summed E-state index contributed by atoms with van der Waals surface area (Å²) in [7, 11) is -3.61. The molecule has 1 aliphatic carbocycles. The van der Waals surface area contributed by atoms with Gasteiger partial charge in [0, 0.05) is 25.7 Å². The molecule has 2 heterocycles. The van der Waals surface area contributed by atoms with Crippen LogP contribution in [0.1, 0.15) is 48.8 Å². The van der Waals surface area contributed by atoms with Crippen LogP contribution in [0.5, 0.6) is 5.75 Å². The Bertz CT molecular complexity index is 1140. The van der Waals surface area contributed by atoms with Crippen molar-refractivity contribution in [3.63, 3.8) is 0 Å². The molecule has 0 N–H and O–H groups in total. The van der Waals surface area contributed by atoms with E-state index in [0.717, 1.165) is 50.6 Å². The number of nitriles is 1. The van der Waals surface area contributed by atoms with Crippen molar-refractivity contribution in [3.8, 4) is 11.8 Å². The van der Waals surface area contributed by atoms with Gasteiger partial charge in [0.15, 0.2) is 0 Å². The first-order valence-corrected chi connectivity index (χ1v) is 13.5. The summed E-state index contributed by atoms with van der Waals surface area (Å²) < 4.78 is 34.1. The highest BCUT2D eigenvalue weighted by Crippen LogP contribution is 2.30. The highest BCUT2D eigenvalue weighted by atomic mass is 32.2. The Morgan fingerprint density at radius 3 is 2.39 bits per heavy atom. The Hall–Kier alpha value is -2.40. The smallest absolute Gasteiger partial charge is 0.243 e. The van der Waals surface area contributed by atoms with Crippen molar-refractivity contribution in [2.24, 2.45) is 0 Å². The number of hydrogen-bond donors (Lipinski definition) is 0. The largest absolute Gasteiger partial charge is 0.492 e. The van der Waals surface area contributed by atoms with Gasteiger partial charge in [0.25, 0.3) is 0 Å². The van der Waals surface area contributed by atoms with Crippen molar-refractivity contribution in [3.05, 3.63) is 59.2 Å². The average molecular weight is 466 g/mol. The van der Waals surface area contributed by atoms with Gasteiger partial charge in [-0.05, 0) is 86.1 Å². The fourth-order valence-corrected chi connectivity index (χ4v) is 6.93. The van der Waals surface area contributed by atoms with Crippen LogP contribution >= 0.6 is 0 Å². The van der Waals surface area contributed by atoms with Crippen molar-refractivity contribution >= 4 is 10.0 Å². The van der Waals surface area contributed by atoms with E-state index in [1.54, 1.807) is 16.4 Å².